The van der Waals surface area contributed by atoms with Crippen molar-refractivity contribution in [1.29, 1.82) is 0 Å². The third-order valence-corrected chi connectivity index (χ3v) is 4.57. The smallest absolute Gasteiger partial charge is 0.408 e. The highest BCUT2D eigenvalue weighted by molar-refractivity contribution is 5.92. The van der Waals surface area contributed by atoms with Crippen LogP contribution >= 0.6 is 0 Å². The molecule has 0 aliphatic heterocycles. The number of carbonyl (C=O) groups is 4. The van der Waals surface area contributed by atoms with Gasteiger partial charge in [0, 0.05) is 14.1 Å². The minimum absolute atomic E-state index is 0.168. The predicted molar refractivity (Wildman–Crippen MR) is 114 cm³/mol. The van der Waals surface area contributed by atoms with Crippen molar-refractivity contribution >= 4 is 23.9 Å². The van der Waals surface area contributed by atoms with Gasteiger partial charge in [0.25, 0.3) is 0 Å². The number of hydrogen-bond donors (Lipinski definition) is 1. The molecule has 1 N–H and O–H groups in total. The van der Waals surface area contributed by atoms with E-state index >= 15 is 0 Å². The second kappa shape index (κ2) is 11.8. The van der Waals surface area contributed by atoms with Crippen molar-refractivity contribution in [2.75, 3.05) is 21.2 Å². The molecule has 0 aromatic carbocycles. The molecule has 0 rings (SSSR count). The molecule has 0 aliphatic rings. The van der Waals surface area contributed by atoms with Crippen LogP contribution in [0.4, 0.5) is 4.79 Å². The van der Waals surface area contributed by atoms with E-state index in [4.69, 9.17) is 9.47 Å². The summed E-state index contributed by atoms with van der Waals surface area (Å²) in [7, 11) is 4.33. The summed E-state index contributed by atoms with van der Waals surface area (Å²) in [5, 5.41) is 2.49. The lowest BCUT2D eigenvalue weighted by molar-refractivity contribution is -0.155. The molecule has 1 unspecified atom stereocenters. The van der Waals surface area contributed by atoms with Gasteiger partial charge in [-0.3, -0.25) is 9.59 Å². The van der Waals surface area contributed by atoms with E-state index in [2.05, 4.69) is 5.32 Å². The molecule has 0 saturated heterocycles. The van der Waals surface area contributed by atoms with Crippen molar-refractivity contribution in [2.24, 2.45) is 5.92 Å². The van der Waals surface area contributed by atoms with Crippen molar-refractivity contribution in [3.8, 4) is 0 Å². The Morgan fingerprint density at radius 3 is 1.83 bits per heavy atom. The molecule has 9 heteroatoms. The van der Waals surface area contributed by atoms with Gasteiger partial charge in [-0.05, 0) is 46.5 Å². The van der Waals surface area contributed by atoms with Crippen molar-refractivity contribution in [1.82, 2.24) is 15.1 Å². The molecule has 0 aromatic rings. The average Bonchev–Trinajstić information content (AvgIpc) is 2.62. The molecule has 0 heterocycles. The second-order valence-corrected chi connectivity index (χ2v) is 8.86. The van der Waals surface area contributed by atoms with Gasteiger partial charge in [-0.25, -0.2) is 9.59 Å². The number of esters is 1. The Kier molecular flexibility index (Phi) is 10.9. The van der Waals surface area contributed by atoms with Crippen molar-refractivity contribution in [3.63, 3.8) is 0 Å². The van der Waals surface area contributed by atoms with E-state index in [0.29, 0.717) is 12.8 Å². The molecule has 0 aromatic heterocycles. The number of rotatable bonds is 9. The first-order chi connectivity index (χ1) is 13.7. The van der Waals surface area contributed by atoms with E-state index in [-0.39, 0.29) is 11.8 Å². The van der Waals surface area contributed by atoms with Crippen LogP contribution in [0.25, 0.3) is 0 Å². The fourth-order valence-electron chi connectivity index (χ4n) is 3.00. The summed E-state index contributed by atoms with van der Waals surface area (Å²) < 4.78 is 10.0. The quantitative estimate of drug-likeness (QED) is 0.563. The van der Waals surface area contributed by atoms with Crippen molar-refractivity contribution in [2.45, 2.75) is 85.0 Å². The maximum Gasteiger partial charge on any atom is 0.408 e. The number of hydrogen-bond acceptors (Lipinski definition) is 6. The largest absolute Gasteiger partial charge is 0.467 e. The van der Waals surface area contributed by atoms with Crippen LogP contribution in [-0.2, 0) is 23.9 Å². The highest BCUT2D eigenvalue weighted by Crippen LogP contribution is 2.16. The first-order valence-electron chi connectivity index (χ1n) is 10.3. The molecule has 0 radical (unpaired) electrons. The first kappa shape index (κ1) is 27.7. The number of methoxy groups -OCH3 is 1. The average molecular weight is 430 g/mol. The highest BCUT2D eigenvalue weighted by Gasteiger charge is 2.36. The van der Waals surface area contributed by atoms with Gasteiger partial charge in [-0.15, -0.1) is 0 Å². The summed E-state index contributed by atoms with van der Waals surface area (Å²) in [6, 6.07) is -2.41. The van der Waals surface area contributed by atoms with E-state index in [1.807, 2.05) is 13.8 Å². The summed E-state index contributed by atoms with van der Waals surface area (Å²) in [5.41, 5.74) is -0.692. The fourth-order valence-corrected chi connectivity index (χ4v) is 3.00. The lowest BCUT2D eigenvalue weighted by atomic mass is 10.0. The highest BCUT2D eigenvalue weighted by atomic mass is 16.6. The van der Waals surface area contributed by atoms with Gasteiger partial charge in [-0.2, -0.15) is 0 Å². The Balaban J connectivity index is 5.35. The molecule has 0 saturated carbocycles. The number of amides is 3. The zero-order valence-electron chi connectivity index (χ0n) is 20.1. The van der Waals surface area contributed by atoms with Crippen LogP contribution in [0.3, 0.4) is 0 Å². The fraction of sp³-hybridized carbons (Fsp3) is 0.810. The van der Waals surface area contributed by atoms with Crippen LogP contribution in [0.1, 0.15) is 61.3 Å². The third kappa shape index (κ3) is 8.59. The van der Waals surface area contributed by atoms with Crippen LogP contribution in [-0.4, -0.2) is 78.6 Å². The van der Waals surface area contributed by atoms with Gasteiger partial charge in [0.05, 0.1) is 7.11 Å². The standard InChI is InChI=1S/C21H39N3O6/c1-11-15(18(26)24(9)16(12-13(2)3)19(27)29-10)23(8)17(25)14(4)22-20(28)30-21(5,6)7/h13-16H,11-12H2,1-10H3,(H,22,28)/t14-,15?,16-/m0/s1. The van der Waals surface area contributed by atoms with Gasteiger partial charge in [0.1, 0.15) is 23.7 Å². The van der Waals surface area contributed by atoms with Crippen LogP contribution in [0.2, 0.25) is 0 Å². The van der Waals surface area contributed by atoms with E-state index in [0.717, 1.165) is 0 Å². The van der Waals surface area contributed by atoms with Crippen LogP contribution < -0.4 is 5.32 Å². The van der Waals surface area contributed by atoms with E-state index in [1.54, 1.807) is 27.7 Å². The number of ether oxygens (including phenoxy) is 2. The molecule has 30 heavy (non-hydrogen) atoms. The Bertz CT molecular complexity index is 614. The lowest BCUT2D eigenvalue weighted by Gasteiger charge is -2.35. The number of alkyl carbamates (subject to hydrolysis) is 1. The summed E-state index contributed by atoms with van der Waals surface area (Å²) >= 11 is 0. The number of likely N-dealkylation sites (N-methyl/N-ethyl adjacent to an activating group) is 2. The Morgan fingerprint density at radius 1 is 0.933 bits per heavy atom. The number of nitrogens with one attached hydrogen (secondary N) is 1. The van der Waals surface area contributed by atoms with Gasteiger partial charge in [0.15, 0.2) is 0 Å². The molecule has 3 atom stereocenters. The molecular formula is C21H39N3O6. The maximum absolute atomic E-state index is 13.1. The van der Waals surface area contributed by atoms with E-state index in [9.17, 15) is 19.2 Å². The zero-order valence-corrected chi connectivity index (χ0v) is 20.1. The molecule has 0 bridgehead atoms. The summed E-state index contributed by atoms with van der Waals surface area (Å²) in [6.45, 7) is 12.4. The Hall–Kier alpha value is -2.32. The van der Waals surface area contributed by atoms with Gasteiger partial charge in [0.2, 0.25) is 11.8 Å². The minimum atomic E-state index is -0.885. The molecule has 174 valence electrons. The molecule has 9 nitrogen and oxygen atoms in total. The third-order valence-electron chi connectivity index (χ3n) is 4.57. The Morgan fingerprint density at radius 2 is 1.43 bits per heavy atom. The van der Waals surface area contributed by atoms with Gasteiger partial charge in [-0.1, -0.05) is 20.8 Å². The van der Waals surface area contributed by atoms with E-state index in [1.165, 1.54) is 37.9 Å². The molecule has 0 spiro atoms. The SMILES string of the molecule is CCC(C(=O)N(C)[C@@H](CC(C)C)C(=O)OC)N(C)C(=O)[C@H](C)NC(=O)OC(C)(C)C. The van der Waals surface area contributed by atoms with Crippen LogP contribution in [0.15, 0.2) is 0 Å². The summed E-state index contributed by atoms with van der Waals surface area (Å²) in [5.74, 6) is -1.13. The second-order valence-electron chi connectivity index (χ2n) is 8.86. The predicted octanol–water partition coefficient (Wildman–Crippen LogP) is 2.18. The molecular weight excluding hydrogens is 390 g/mol. The minimum Gasteiger partial charge on any atom is -0.467 e. The van der Waals surface area contributed by atoms with Crippen molar-refractivity contribution < 1.29 is 28.7 Å². The van der Waals surface area contributed by atoms with Crippen LogP contribution in [0.5, 0.6) is 0 Å². The lowest BCUT2D eigenvalue weighted by Crippen LogP contribution is -2.56. The normalized spacial score (nSPS) is 14.4. The van der Waals surface area contributed by atoms with E-state index < -0.39 is 41.7 Å². The van der Waals surface area contributed by atoms with Gasteiger partial charge < -0.3 is 24.6 Å². The zero-order chi connectivity index (χ0) is 23.8. The summed E-state index contributed by atoms with van der Waals surface area (Å²) in [6.07, 6.45) is 0.0793. The summed E-state index contributed by atoms with van der Waals surface area (Å²) in [4.78, 5) is 52.7. The molecule has 0 aliphatic carbocycles. The van der Waals surface area contributed by atoms with Gasteiger partial charge >= 0.3 is 12.1 Å². The topological polar surface area (TPSA) is 105 Å². The Labute approximate surface area is 180 Å². The number of carbonyl (C=O) groups excluding carboxylic acids is 4. The van der Waals surface area contributed by atoms with Crippen LogP contribution in [0, 0.1) is 5.92 Å². The molecule has 0 fully saturated rings. The first-order valence-corrected chi connectivity index (χ1v) is 10.3. The maximum atomic E-state index is 13.1. The molecule has 3 amide bonds. The number of nitrogens with zero attached hydrogens (tertiary/aromatic N) is 2. The monoisotopic (exact) mass is 429 g/mol. The van der Waals surface area contributed by atoms with Crippen molar-refractivity contribution in [3.05, 3.63) is 0 Å².